The standard InChI is InChI=1S/C23H32N6O3S.ClH/c1-15-20(32-14-25-15)21-26-27-22(28(21)2)33-11-5-7-17-12-16-6-4-8-18-23(16,9-10-24-17)29(3)19(30)13-31-18;/h4,8,14,16-18,24H,5-7,9-13H2,1-3H3;1H. The predicted molar refractivity (Wildman–Crippen MR) is 132 cm³/mol. The number of likely N-dealkylation sites (N-methyl/N-ethyl adjacent to an activating group) is 1. The van der Waals surface area contributed by atoms with Gasteiger partial charge in [0.2, 0.25) is 11.7 Å². The molecule has 1 N–H and O–H groups in total. The largest absolute Gasteiger partial charge is 0.440 e. The number of amides is 1. The van der Waals surface area contributed by atoms with Crippen LogP contribution in [0.1, 0.15) is 37.8 Å². The van der Waals surface area contributed by atoms with Gasteiger partial charge in [0, 0.05) is 25.9 Å². The molecule has 2 aromatic heterocycles. The van der Waals surface area contributed by atoms with E-state index >= 15 is 0 Å². The Kier molecular flexibility index (Phi) is 7.71. The van der Waals surface area contributed by atoms with Crippen molar-refractivity contribution >= 4 is 30.1 Å². The highest BCUT2D eigenvalue weighted by Crippen LogP contribution is 2.45. The van der Waals surface area contributed by atoms with Gasteiger partial charge in [-0.05, 0) is 51.5 Å². The Balaban J connectivity index is 0.00000274. The van der Waals surface area contributed by atoms with Gasteiger partial charge in [0.1, 0.15) is 6.61 Å². The van der Waals surface area contributed by atoms with E-state index in [0.717, 1.165) is 55.3 Å². The van der Waals surface area contributed by atoms with Gasteiger partial charge in [-0.2, -0.15) is 0 Å². The number of aryl methyl sites for hydroxylation is 1. The number of carbonyl (C=O) groups is 1. The molecule has 9 nitrogen and oxygen atoms in total. The molecule has 5 rings (SSSR count). The first kappa shape index (κ1) is 25.2. The number of nitrogens with one attached hydrogen (secondary N) is 1. The lowest BCUT2D eigenvalue weighted by Gasteiger charge is -2.54. The van der Waals surface area contributed by atoms with Gasteiger partial charge in [0.05, 0.1) is 17.3 Å². The summed E-state index contributed by atoms with van der Waals surface area (Å²) in [6.45, 7) is 3.00. The third-order valence-corrected chi connectivity index (χ3v) is 8.66. The average molecular weight is 509 g/mol. The summed E-state index contributed by atoms with van der Waals surface area (Å²) in [4.78, 5) is 18.6. The van der Waals surface area contributed by atoms with Gasteiger partial charge in [0.15, 0.2) is 17.3 Å². The lowest BCUT2D eigenvalue weighted by molar-refractivity contribution is -0.172. The zero-order valence-electron chi connectivity index (χ0n) is 19.9. The van der Waals surface area contributed by atoms with Gasteiger partial charge < -0.3 is 23.9 Å². The molecule has 2 fully saturated rings. The Bertz CT molecular complexity index is 1040. The van der Waals surface area contributed by atoms with Crippen LogP contribution in [0.15, 0.2) is 28.1 Å². The van der Waals surface area contributed by atoms with Crippen LogP contribution in [-0.4, -0.2) is 74.2 Å². The normalized spacial score (nSPS) is 28.7. The van der Waals surface area contributed by atoms with Crippen molar-refractivity contribution in [3.05, 3.63) is 24.2 Å². The lowest BCUT2D eigenvalue weighted by Crippen LogP contribution is -2.67. The van der Waals surface area contributed by atoms with E-state index in [1.807, 2.05) is 30.5 Å². The van der Waals surface area contributed by atoms with Crippen molar-refractivity contribution in [3.8, 4) is 11.6 Å². The van der Waals surface area contributed by atoms with Gasteiger partial charge in [-0.3, -0.25) is 4.79 Å². The summed E-state index contributed by atoms with van der Waals surface area (Å²) in [5.41, 5.74) is 0.601. The maximum Gasteiger partial charge on any atom is 0.248 e. The van der Waals surface area contributed by atoms with Crippen LogP contribution in [-0.2, 0) is 16.6 Å². The quantitative estimate of drug-likeness (QED) is 0.361. The summed E-state index contributed by atoms with van der Waals surface area (Å²) in [7, 11) is 3.93. The number of morpholine rings is 1. The van der Waals surface area contributed by atoms with Gasteiger partial charge >= 0.3 is 0 Å². The summed E-state index contributed by atoms with van der Waals surface area (Å²) in [5, 5.41) is 13.3. The second kappa shape index (κ2) is 10.4. The van der Waals surface area contributed by atoms with E-state index < -0.39 is 0 Å². The van der Waals surface area contributed by atoms with Gasteiger partial charge in [-0.15, -0.1) is 22.6 Å². The number of thioether (sulfide) groups is 1. The second-order valence-corrected chi connectivity index (χ2v) is 10.4. The Hall–Kier alpha value is -1.88. The van der Waals surface area contributed by atoms with E-state index in [0.29, 0.717) is 23.5 Å². The fourth-order valence-corrected chi connectivity index (χ4v) is 6.58. The molecule has 4 heterocycles. The van der Waals surface area contributed by atoms with Crippen LogP contribution >= 0.6 is 24.2 Å². The van der Waals surface area contributed by atoms with Crippen molar-refractivity contribution < 1.29 is 13.9 Å². The smallest absolute Gasteiger partial charge is 0.248 e. The molecule has 0 aromatic carbocycles. The van der Waals surface area contributed by atoms with Crippen molar-refractivity contribution in [3.63, 3.8) is 0 Å². The molecule has 34 heavy (non-hydrogen) atoms. The molecule has 2 aromatic rings. The van der Waals surface area contributed by atoms with Gasteiger partial charge in [-0.25, -0.2) is 4.98 Å². The molecular weight excluding hydrogens is 476 g/mol. The highest BCUT2D eigenvalue weighted by Gasteiger charge is 2.54. The topological polar surface area (TPSA) is 98.3 Å². The van der Waals surface area contributed by atoms with Gasteiger partial charge in [-0.1, -0.05) is 23.9 Å². The number of hydrogen-bond acceptors (Lipinski definition) is 8. The Morgan fingerprint density at radius 1 is 1.32 bits per heavy atom. The van der Waals surface area contributed by atoms with Crippen LogP contribution in [0.25, 0.3) is 11.6 Å². The van der Waals surface area contributed by atoms with E-state index in [1.165, 1.54) is 6.39 Å². The first-order chi connectivity index (χ1) is 16.0. The second-order valence-electron chi connectivity index (χ2n) is 9.30. The van der Waals surface area contributed by atoms with Crippen LogP contribution in [0.2, 0.25) is 0 Å². The van der Waals surface area contributed by atoms with Crippen LogP contribution in [0.4, 0.5) is 0 Å². The maximum absolute atomic E-state index is 12.5. The summed E-state index contributed by atoms with van der Waals surface area (Å²) < 4.78 is 13.4. The predicted octanol–water partition coefficient (Wildman–Crippen LogP) is 3.00. The maximum atomic E-state index is 12.5. The fraction of sp³-hybridized carbons (Fsp3) is 0.652. The molecule has 1 amide bonds. The fourth-order valence-electron chi connectivity index (χ4n) is 5.71. The lowest BCUT2D eigenvalue weighted by atomic mass is 9.68. The first-order valence-electron chi connectivity index (χ1n) is 11.7. The third-order valence-electron chi connectivity index (χ3n) is 7.56. The monoisotopic (exact) mass is 508 g/mol. The minimum absolute atomic E-state index is 0. The molecule has 1 aliphatic carbocycles. The zero-order valence-corrected chi connectivity index (χ0v) is 21.5. The van der Waals surface area contributed by atoms with Crippen molar-refractivity contribution in [1.82, 2.24) is 30.0 Å². The number of allylic oxidation sites excluding steroid dienone is 1. The molecule has 3 aliphatic rings. The number of rotatable bonds is 6. The summed E-state index contributed by atoms with van der Waals surface area (Å²) in [6.07, 6.45) is 11.0. The third kappa shape index (κ3) is 4.41. The van der Waals surface area contributed by atoms with E-state index in [2.05, 4.69) is 32.7 Å². The summed E-state index contributed by atoms with van der Waals surface area (Å²) in [6, 6.07) is 0.444. The highest BCUT2D eigenvalue weighted by molar-refractivity contribution is 7.99. The molecule has 0 radical (unpaired) electrons. The molecule has 11 heteroatoms. The van der Waals surface area contributed by atoms with E-state index in [9.17, 15) is 4.79 Å². The van der Waals surface area contributed by atoms with E-state index in [1.54, 1.807) is 11.8 Å². The number of ether oxygens (including phenoxy) is 1. The average Bonchev–Trinajstić information content (AvgIpc) is 3.32. The van der Waals surface area contributed by atoms with Crippen molar-refractivity contribution in [2.75, 3.05) is 26.0 Å². The van der Waals surface area contributed by atoms with E-state index in [-0.39, 0.29) is 36.6 Å². The van der Waals surface area contributed by atoms with Crippen molar-refractivity contribution in [1.29, 1.82) is 0 Å². The molecule has 2 saturated heterocycles. The molecule has 0 saturated carbocycles. The SMILES string of the molecule is Cc1ncoc1-c1nnc(SCCCC2CC3CC=CC4OCC(=O)N(C)C34CCN2)n1C.Cl. The molecular formula is C23H33ClN6O3S. The minimum Gasteiger partial charge on any atom is -0.440 e. The minimum atomic E-state index is -0.214. The molecule has 2 aliphatic heterocycles. The molecule has 4 unspecified atom stereocenters. The highest BCUT2D eigenvalue weighted by atomic mass is 35.5. The van der Waals surface area contributed by atoms with Crippen molar-refractivity contribution in [2.24, 2.45) is 13.0 Å². The number of oxazole rings is 1. The Morgan fingerprint density at radius 2 is 2.18 bits per heavy atom. The van der Waals surface area contributed by atoms with Crippen molar-refractivity contribution in [2.45, 2.75) is 61.9 Å². The van der Waals surface area contributed by atoms with Crippen LogP contribution in [0, 0.1) is 12.8 Å². The number of carbonyl (C=O) groups excluding carboxylic acids is 1. The van der Waals surface area contributed by atoms with Crippen LogP contribution in [0.5, 0.6) is 0 Å². The Labute approximate surface area is 210 Å². The molecule has 186 valence electrons. The number of halogens is 1. The zero-order chi connectivity index (χ0) is 23.0. The first-order valence-corrected chi connectivity index (χ1v) is 12.7. The molecule has 4 atom stereocenters. The summed E-state index contributed by atoms with van der Waals surface area (Å²) in [5.74, 6) is 2.87. The van der Waals surface area contributed by atoms with E-state index in [4.69, 9.17) is 9.15 Å². The van der Waals surface area contributed by atoms with Gasteiger partial charge in [0.25, 0.3) is 0 Å². The summed E-state index contributed by atoms with van der Waals surface area (Å²) >= 11 is 1.72. The number of nitrogens with zero attached hydrogens (tertiary/aromatic N) is 5. The number of hydrogen-bond donors (Lipinski definition) is 1. The van der Waals surface area contributed by atoms with Crippen LogP contribution in [0.3, 0.4) is 0 Å². The molecule has 1 spiro atoms. The molecule has 0 bridgehead atoms. The Morgan fingerprint density at radius 3 is 2.97 bits per heavy atom. The number of aromatic nitrogens is 4. The van der Waals surface area contributed by atoms with Crippen LogP contribution < -0.4 is 5.32 Å².